The summed E-state index contributed by atoms with van der Waals surface area (Å²) in [6.45, 7) is 1.87. The monoisotopic (exact) mass is 352 g/mol. The molecule has 3 heteroatoms. The molecule has 2 N–H and O–H groups in total. The maximum atomic E-state index is 5.49. The predicted molar refractivity (Wildman–Crippen MR) is 109 cm³/mol. The van der Waals surface area contributed by atoms with Gasteiger partial charge in [0.2, 0.25) is 0 Å². The quantitative estimate of drug-likeness (QED) is 0.677. The zero-order valence-corrected chi connectivity index (χ0v) is 15.9. The Morgan fingerprint density at radius 1 is 0.962 bits per heavy atom. The highest BCUT2D eigenvalue weighted by Gasteiger charge is 2.15. The molecule has 0 saturated heterocycles. The highest BCUT2D eigenvalue weighted by molar-refractivity contribution is 5.33. The molecule has 0 unspecified atom stereocenters. The first-order valence-corrected chi connectivity index (χ1v) is 10.0. The van der Waals surface area contributed by atoms with Crippen molar-refractivity contribution in [3.05, 3.63) is 65.7 Å². The molecule has 0 spiro atoms. The molecule has 0 heterocycles. The molecular weight excluding hydrogens is 320 g/mol. The standard InChI is InChI=1S/C23H32N2O/c1-26-23-15-9-8-12-20(23)18-25-22(19-10-4-2-5-11-19)16-17-24-21-13-6-3-7-14-21/h2,4-5,8-12,15,21-22,24-25H,3,6-7,13-14,16-18H2,1H3/t22-/m0/s1. The number of rotatable bonds is 9. The predicted octanol–water partition coefficient (Wildman–Crippen LogP) is 4.84. The van der Waals surface area contributed by atoms with Gasteiger partial charge in [0.25, 0.3) is 0 Å². The van der Waals surface area contributed by atoms with Crippen LogP contribution in [-0.4, -0.2) is 19.7 Å². The highest BCUT2D eigenvalue weighted by Crippen LogP contribution is 2.22. The Hall–Kier alpha value is -1.84. The van der Waals surface area contributed by atoms with Crippen LogP contribution in [0.2, 0.25) is 0 Å². The molecule has 3 nitrogen and oxygen atoms in total. The normalized spacial score (nSPS) is 16.3. The average Bonchev–Trinajstić information content (AvgIpc) is 2.72. The largest absolute Gasteiger partial charge is 0.496 e. The maximum absolute atomic E-state index is 5.49. The number of ether oxygens (including phenoxy) is 1. The Bertz CT molecular complexity index is 638. The topological polar surface area (TPSA) is 33.3 Å². The molecule has 1 aliphatic rings. The van der Waals surface area contributed by atoms with E-state index in [0.717, 1.165) is 31.3 Å². The molecule has 3 rings (SSSR count). The van der Waals surface area contributed by atoms with Crippen LogP contribution in [-0.2, 0) is 6.54 Å². The van der Waals surface area contributed by atoms with Crippen molar-refractivity contribution in [2.45, 2.75) is 57.2 Å². The highest BCUT2D eigenvalue weighted by atomic mass is 16.5. The lowest BCUT2D eigenvalue weighted by Crippen LogP contribution is -2.34. The first-order valence-electron chi connectivity index (χ1n) is 10.0. The second-order valence-corrected chi connectivity index (χ2v) is 7.23. The number of nitrogens with one attached hydrogen (secondary N) is 2. The van der Waals surface area contributed by atoms with E-state index < -0.39 is 0 Å². The lowest BCUT2D eigenvalue weighted by Gasteiger charge is -2.25. The molecule has 0 bridgehead atoms. The Labute approximate surface area is 158 Å². The molecule has 0 aromatic heterocycles. The van der Waals surface area contributed by atoms with Gasteiger partial charge < -0.3 is 15.4 Å². The van der Waals surface area contributed by atoms with Crippen molar-refractivity contribution in [1.82, 2.24) is 10.6 Å². The van der Waals surface area contributed by atoms with Gasteiger partial charge in [0, 0.05) is 24.2 Å². The third kappa shape index (κ3) is 5.58. The van der Waals surface area contributed by atoms with Crippen LogP contribution in [0.1, 0.15) is 55.7 Å². The van der Waals surface area contributed by atoms with Crippen molar-refractivity contribution in [1.29, 1.82) is 0 Å². The van der Waals surface area contributed by atoms with Crippen LogP contribution in [0.3, 0.4) is 0 Å². The minimum absolute atomic E-state index is 0.345. The first kappa shape index (κ1) is 18.9. The molecule has 1 fully saturated rings. The van der Waals surface area contributed by atoms with Crippen LogP contribution < -0.4 is 15.4 Å². The number of benzene rings is 2. The molecule has 0 aliphatic heterocycles. The summed E-state index contributed by atoms with van der Waals surface area (Å²) in [5.41, 5.74) is 2.56. The summed E-state index contributed by atoms with van der Waals surface area (Å²) in [5.74, 6) is 0.951. The fraction of sp³-hybridized carbons (Fsp3) is 0.478. The second kappa shape index (κ2) is 10.3. The minimum Gasteiger partial charge on any atom is -0.496 e. The van der Waals surface area contributed by atoms with Gasteiger partial charge in [-0.25, -0.2) is 0 Å². The van der Waals surface area contributed by atoms with Crippen LogP contribution in [0.15, 0.2) is 54.6 Å². The lowest BCUT2D eigenvalue weighted by molar-refractivity contribution is 0.359. The van der Waals surface area contributed by atoms with Crippen molar-refractivity contribution in [2.75, 3.05) is 13.7 Å². The first-order chi connectivity index (χ1) is 12.9. The number of methoxy groups -OCH3 is 1. The molecule has 1 aliphatic carbocycles. The summed E-state index contributed by atoms with van der Waals surface area (Å²) in [6, 6.07) is 20.1. The Morgan fingerprint density at radius 3 is 2.46 bits per heavy atom. The molecule has 1 atom stereocenters. The van der Waals surface area contributed by atoms with Gasteiger partial charge in [-0.15, -0.1) is 0 Å². The van der Waals surface area contributed by atoms with Gasteiger partial charge in [0.1, 0.15) is 5.75 Å². The Kier molecular flexibility index (Phi) is 7.53. The number of hydrogen-bond acceptors (Lipinski definition) is 3. The minimum atomic E-state index is 0.345. The third-order valence-corrected chi connectivity index (χ3v) is 5.40. The summed E-state index contributed by atoms with van der Waals surface area (Å²) in [4.78, 5) is 0. The number of hydrogen-bond donors (Lipinski definition) is 2. The van der Waals surface area contributed by atoms with Crippen molar-refractivity contribution in [2.24, 2.45) is 0 Å². The van der Waals surface area contributed by atoms with Crippen molar-refractivity contribution in [3.63, 3.8) is 0 Å². The fourth-order valence-corrected chi connectivity index (χ4v) is 3.89. The summed E-state index contributed by atoms with van der Waals surface area (Å²) in [7, 11) is 1.74. The zero-order valence-electron chi connectivity index (χ0n) is 15.9. The van der Waals surface area contributed by atoms with Crippen LogP contribution in [0.25, 0.3) is 0 Å². The summed E-state index contributed by atoms with van der Waals surface area (Å²) in [6.07, 6.45) is 7.94. The summed E-state index contributed by atoms with van der Waals surface area (Å²) in [5, 5.41) is 7.52. The molecule has 2 aromatic rings. The van der Waals surface area contributed by atoms with Crippen LogP contribution in [0, 0.1) is 0 Å². The van der Waals surface area contributed by atoms with E-state index in [0.29, 0.717) is 6.04 Å². The van der Waals surface area contributed by atoms with Gasteiger partial charge >= 0.3 is 0 Å². The van der Waals surface area contributed by atoms with E-state index in [1.807, 2.05) is 12.1 Å². The van der Waals surface area contributed by atoms with Crippen LogP contribution in [0.4, 0.5) is 0 Å². The average molecular weight is 353 g/mol. The maximum Gasteiger partial charge on any atom is 0.123 e. The van der Waals surface area contributed by atoms with Gasteiger partial charge in [-0.05, 0) is 37.4 Å². The van der Waals surface area contributed by atoms with Crippen molar-refractivity contribution in [3.8, 4) is 5.75 Å². The van der Waals surface area contributed by atoms with E-state index in [2.05, 4.69) is 53.1 Å². The van der Waals surface area contributed by atoms with Crippen molar-refractivity contribution < 1.29 is 4.74 Å². The van der Waals surface area contributed by atoms with Gasteiger partial charge in [0.15, 0.2) is 0 Å². The Balaban J connectivity index is 1.58. The third-order valence-electron chi connectivity index (χ3n) is 5.40. The van der Waals surface area contributed by atoms with E-state index in [-0.39, 0.29) is 0 Å². The molecular formula is C23H32N2O. The molecule has 0 amide bonds. The van der Waals surface area contributed by atoms with E-state index in [1.54, 1.807) is 7.11 Å². The fourth-order valence-electron chi connectivity index (χ4n) is 3.89. The van der Waals surface area contributed by atoms with Crippen molar-refractivity contribution >= 4 is 0 Å². The van der Waals surface area contributed by atoms with Gasteiger partial charge in [-0.2, -0.15) is 0 Å². The summed E-state index contributed by atoms with van der Waals surface area (Å²) >= 11 is 0. The molecule has 2 aromatic carbocycles. The molecule has 1 saturated carbocycles. The lowest BCUT2D eigenvalue weighted by atomic mass is 9.95. The van der Waals surface area contributed by atoms with E-state index in [4.69, 9.17) is 4.74 Å². The van der Waals surface area contributed by atoms with Gasteiger partial charge in [-0.1, -0.05) is 67.8 Å². The summed E-state index contributed by atoms with van der Waals surface area (Å²) < 4.78 is 5.49. The second-order valence-electron chi connectivity index (χ2n) is 7.23. The SMILES string of the molecule is COc1ccccc1CN[C@@H](CCNC1CCCCC1)c1ccccc1. The zero-order chi connectivity index (χ0) is 18.0. The van der Waals surface area contributed by atoms with Gasteiger partial charge in [-0.3, -0.25) is 0 Å². The van der Waals surface area contributed by atoms with Gasteiger partial charge in [0.05, 0.1) is 7.11 Å². The number of para-hydroxylation sites is 1. The van der Waals surface area contributed by atoms with Crippen LogP contribution in [0.5, 0.6) is 5.75 Å². The van der Waals surface area contributed by atoms with E-state index in [1.165, 1.54) is 43.2 Å². The van der Waals surface area contributed by atoms with E-state index >= 15 is 0 Å². The Morgan fingerprint density at radius 2 is 1.69 bits per heavy atom. The molecule has 26 heavy (non-hydrogen) atoms. The molecule has 0 radical (unpaired) electrons. The molecule has 140 valence electrons. The van der Waals surface area contributed by atoms with E-state index in [9.17, 15) is 0 Å². The smallest absolute Gasteiger partial charge is 0.123 e. The van der Waals surface area contributed by atoms with Crippen LogP contribution >= 0.6 is 0 Å².